The Hall–Kier alpha value is -4.77. The number of nitrogens with zero attached hydrogens (tertiary/aromatic N) is 4. The van der Waals surface area contributed by atoms with E-state index in [1.807, 2.05) is 24.3 Å². The molecule has 0 saturated heterocycles. The number of aromatic nitrogens is 4. The van der Waals surface area contributed by atoms with Crippen molar-refractivity contribution in [3.05, 3.63) is 121 Å². The van der Waals surface area contributed by atoms with Gasteiger partial charge in [0, 0.05) is 0 Å². The summed E-state index contributed by atoms with van der Waals surface area (Å²) < 4.78 is 0. The fraction of sp³-hybridized carbons (Fsp3) is 0. The first-order valence-corrected chi connectivity index (χ1v) is 13.4. The standard InChI is InChI=1S/2C18H10N2.Ti/c2*1-3-7-15-11(5-1)13-9-10-14-12-6-2-4-8-16(12)20-18(14)17(13)19-15;/h2*1-10H;/q2*-2;+4. The van der Waals surface area contributed by atoms with Gasteiger partial charge in [-0.2, -0.15) is 0 Å². The van der Waals surface area contributed by atoms with Crippen molar-refractivity contribution >= 4 is 87.2 Å². The summed E-state index contributed by atoms with van der Waals surface area (Å²) in [6.45, 7) is 0. The first-order valence-electron chi connectivity index (χ1n) is 13.4. The molecule has 10 rings (SSSR count). The van der Waals surface area contributed by atoms with Gasteiger partial charge in [-0.1, -0.05) is 121 Å². The van der Waals surface area contributed by atoms with Crippen LogP contribution in [0.2, 0.25) is 0 Å². The summed E-state index contributed by atoms with van der Waals surface area (Å²) in [5.41, 5.74) is 8.23. The number of rotatable bonds is 0. The third-order valence-electron chi connectivity index (χ3n) is 8.01. The van der Waals surface area contributed by atoms with Crippen LogP contribution in [0.4, 0.5) is 0 Å². The van der Waals surface area contributed by atoms with Crippen molar-refractivity contribution in [2.24, 2.45) is 0 Å². The Bertz CT molecular complexity index is 2200. The van der Waals surface area contributed by atoms with Crippen LogP contribution in [0.3, 0.4) is 0 Å². The zero-order chi connectivity index (χ0) is 26.2. The van der Waals surface area contributed by atoms with Crippen LogP contribution in [0.5, 0.6) is 0 Å². The maximum atomic E-state index is 4.78. The molecule has 0 fully saturated rings. The smallest absolute Gasteiger partial charge is 0.658 e. The van der Waals surface area contributed by atoms with Gasteiger partial charge in [0.2, 0.25) is 0 Å². The summed E-state index contributed by atoms with van der Waals surface area (Å²) >= 11 is 0. The van der Waals surface area contributed by atoms with E-state index in [1.165, 1.54) is 43.1 Å². The van der Waals surface area contributed by atoms with Crippen molar-refractivity contribution in [2.75, 3.05) is 0 Å². The van der Waals surface area contributed by atoms with E-state index in [-0.39, 0.29) is 21.7 Å². The van der Waals surface area contributed by atoms with Crippen molar-refractivity contribution < 1.29 is 21.7 Å². The van der Waals surface area contributed by atoms with Gasteiger partial charge in [-0.05, 0) is 43.1 Å². The molecule has 4 heterocycles. The first-order chi connectivity index (χ1) is 19.8. The molecule has 0 spiro atoms. The van der Waals surface area contributed by atoms with Crippen LogP contribution in [0, 0.1) is 0 Å². The molecular weight excluding hydrogens is 536 g/mol. The molecule has 4 nitrogen and oxygen atoms in total. The second-order valence-electron chi connectivity index (χ2n) is 10.2. The van der Waals surface area contributed by atoms with Crippen molar-refractivity contribution in [3.63, 3.8) is 0 Å². The normalized spacial score (nSPS) is 11.7. The second kappa shape index (κ2) is 9.13. The maximum Gasteiger partial charge on any atom is 4.00 e. The van der Waals surface area contributed by atoms with E-state index in [1.54, 1.807) is 0 Å². The molecular formula is C36H20N4Ti. The summed E-state index contributed by atoms with van der Waals surface area (Å²) in [6, 6.07) is 41.8. The first kappa shape index (κ1) is 24.1. The molecule has 0 saturated carbocycles. The molecule has 0 aliphatic carbocycles. The van der Waals surface area contributed by atoms with Gasteiger partial charge in [0.25, 0.3) is 0 Å². The molecule has 0 N–H and O–H groups in total. The van der Waals surface area contributed by atoms with E-state index >= 15 is 0 Å². The summed E-state index contributed by atoms with van der Waals surface area (Å²) in [4.78, 5) is 19.1. The Morgan fingerprint density at radius 3 is 0.707 bits per heavy atom. The second-order valence-corrected chi connectivity index (χ2v) is 10.2. The monoisotopic (exact) mass is 556 g/mol. The van der Waals surface area contributed by atoms with E-state index in [9.17, 15) is 0 Å². The third-order valence-corrected chi connectivity index (χ3v) is 8.01. The molecule has 10 aromatic rings. The number of hydrogen-bond donors (Lipinski definition) is 0. The summed E-state index contributed by atoms with van der Waals surface area (Å²) in [5, 5.41) is 9.58. The topological polar surface area (TPSA) is 56.4 Å². The van der Waals surface area contributed by atoms with Crippen molar-refractivity contribution in [2.45, 2.75) is 0 Å². The van der Waals surface area contributed by atoms with Gasteiger partial charge in [0.1, 0.15) is 0 Å². The van der Waals surface area contributed by atoms with Gasteiger partial charge in [0.15, 0.2) is 0 Å². The van der Waals surface area contributed by atoms with Crippen LogP contribution in [0.15, 0.2) is 121 Å². The molecule has 0 amide bonds. The molecule has 6 aromatic carbocycles. The van der Waals surface area contributed by atoms with Crippen molar-refractivity contribution in [1.82, 2.24) is 19.9 Å². The van der Waals surface area contributed by atoms with Gasteiger partial charge >= 0.3 is 21.7 Å². The Kier molecular flexibility index (Phi) is 5.36. The van der Waals surface area contributed by atoms with Gasteiger partial charge in [-0.25, -0.2) is 0 Å². The molecule has 5 heteroatoms. The predicted octanol–water partition coefficient (Wildman–Crippen LogP) is 8.43. The minimum Gasteiger partial charge on any atom is -0.658 e. The van der Waals surface area contributed by atoms with Crippen LogP contribution in [-0.4, -0.2) is 0 Å². The zero-order valence-corrected chi connectivity index (χ0v) is 23.4. The summed E-state index contributed by atoms with van der Waals surface area (Å²) in [7, 11) is 0. The van der Waals surface area contributed by atoms with Gasteiger partial charge < -0.3 is 19.9 Å². The molecule has 0 atom stereocenters. The van der Waals surface area contributed by atoms with Gasteiger partial charge in [-0.15, -0.1) is 44.1 Å². The Morgan fingerprint density at radius 1 is 0.244 bits per heavy atom. The molecule has 0 aliphatic rings. The quantitative estimate of drug-likeness (QED) is 0.176. The molecule has 0 aliphatic heterocycles. The maximum absolute atomic E-state index is 4.78. The summed E-state index contributed by atoms with van der Waals surface area (Å²) in [6.07, 6.45) is 0. The van der Waals surface area contributed by atoms with Crippen LogP contribution < -0.4 is 19.9 Å². The number of fused-ring (bicyclic) bond motifs is 14. The van der Waals surface area contributed by atoms with Crippen LogP contribution in [0.25, 0.3) is 87.2 Å². The number of hydrogen-bond acceptors (Lipinski definition) is 0. The molecule has 0 unspecified atom stereocenters. The van der Waals surface area contributed by atoms with E-state index in [0.717, 1.165) is 44.1 Å². The minimum absolute atomic E-state index is 0. The average Bonchev–Trinajstić information content (AvgIpc) is 3.76. The van der Waals surface area contributed by atoms with Crippen molar-refractivity contribution in [1.29, 1.82) is 0 Å². The average molecular weight is 556 g/mol. The molecule has 4 aromatic heterocycles. The minimum atomic E-state index is 0. The fourth-order valence-corrected chi connectivity index (χ4v) is 6.16. The predicted molar refractivity (Wildman–Crippen MR) is 166 cm³/mol. The Morgan fingerprint density at radius 2 is 0.463 bits per heavy atom. The Balaban J connectivity index is 0.000000122. The summed E-state index contributed by atoms with van der Waals surface area (Å²) in [5.74, 6) is 0. The SMILES string of the molecule is [Ti+4].c1ccc2c(c1)[n-]c1c2ccc2c3ccccc3[n-]c21.c1ccc2c(c1)[n-]c1c2ccc2c3ccccc3[n-]c21. The molecule has 0 radical (unpaired) electrons. The van der Waals surface area contributed by atoms with Crippen LogP contribution >= 0.6 is 0 Å². The largest absolute Gasteiger partial charge is 4.00 e. The Labute approximate surface area is 249 Å². The van der Waals surface area contributed by atoms with Crippen LogP contribution in [-0.2, 0) is 21.7 Å². The zero-order valence-electron chi connectivity index (χ0n) is 21.8. The van der Waals surface area contributed by atoms with Crippen LogP contribution in [0.1, 0.15) is 0 Å². The van der Waals surface area contributed by atoms with E-state index in [4.69, 9.17) is 19.9 Å². The van der Waals surface area contributed by atoms with E-state index < -0.39 is 0 Å². The molecule has 188 valence electrons. The van der Waals surface area contributed by atoms with Gasteiger partial charge in [-0.3, -0.25) is 0 Å². The fourth-order valence-electron chi connectivity index (χ4n) is 6.16. The number of benzene rings is 6. The van der Waals surface area contributed by atoms with Crippen molar-refractivity contribution in [3.8, 4) is 0 Å². The van der Waals surface area contributed by atoms with E-state index in [2.05, 4.69) is 97.1 Å². The third kappa shape index (κ3) is 3.51. The molecule has 0 bridgehead atoms. The van der Waals surface area contributed by atoms with E-state index in [0.29, 0.717) is 0 Å². The number of para-hydroxylation sites is 4. The molecule has 41 heavy (non-hydrogen) atoms. The van der Waals surface area contributed by atoms with Gasteiger partial charge in [0.05, 0.1) is 0 Å².